The number of carbonyl (C=O) groups excluding carboxylic acids is 2. The first-order valence-corrected chi connectivity index (χ1v) is 12.6. The number of β-lactam (4-membered cyclic amide) rings is 1. The number of nitrogens with one attached hydrogen (secondary N) is 2. The van der Waals surface area contributed by atoms with Gasteiger partial charge in [0, 0.05) is 10.9 Å². The van der Waals surface area contributed by atoms with Crippen molar-refractivity contribution >= 4 is 50.1 Å². The van der Waals surface area contributed by atoms with Gasteiger partial charge in [-0.3, -0.25) is 19.6 Å². The van der Waals surface area contributed by atoms with Crippen molar-refractivity contribution < 1.29 is 32.1 Å². The molecular formula is C20H25N7O7S2. The largest absolute Gasteiger partial charge is 0.489 e. The highest BCUT2D eigenvalue weighted by atomic mass is 32.2. The number of amidine groups is 1. The van der Waals surface area contributed by atoms with Crippen LogP contribution in [0.1, 0.15) is 32.0 Å². The number of anilines is 1. The average Bonchev–Trinajstić information content (AvgIpc) is 3.21. The lowest BCUT2D eigenvalue weighted by Crippen LogP contribution is -2.71. The molecule has 36 heavy (non-hydrogen) atoms. The second-order valence-corrected chi connectivity index (χ2v) is 10.6. The molecule has 1 aromatic heterocycles. The Balaban J connectivity index is 1.72. The minimum Gasteiger partial charge on any atom is -0.489 e. The van der Waals surface area contributed by atoms with Crippen LogP contribution in [0.15, 0.2) is 34.8 Å². The number of rotatable bonds is 10. The lowest BCUT2D eigenvalue weighted by Gasteiger charge is -2.42. The number of carbonyl (C=O) groups is 2. The zero-order valence-electron chi connectivity index (χ0n) is 19.5. The highest BCUT2D eigenvalue weighted by Crippen LogP contribution is 2.23. The van der Waals surface area contributed by atoms with Crippen LogP contribution in [0.4, 0.5) is 5.13 Å². The third-order valence-electron chi connectivity index (χ3n) is 4.99. The summed E-state index contributed by atoms with van der Waals surface area (Å²) in [4.78, 5) is 34.7. The van der Waals surface area contributed by atoms with Gasteiger partial charge >= 0.3 is 10.3 Å². The van der Waals surface area contributed by atoms with Gasteiger partial charge in [0.15, 0.2) is 16.4 Å². The summed E-state index contributed by atoms with van der Waals surface area (Å²) in [5, 5.41) is 15.4. The van der Waals surface area contributed by atoms with E-state index in [2.05, 4.69) is 15.5 Å². The lowest BCUT2D eigenvalue weighted by atomic mass is 10.0. The van der Waals surface area contributed by atoms with Gasteiger partial charge in [-0.05, 0) is 45.0 Å². The lowest BCUT2D eigenvalue weighted by molar-refractivity contribution is -0.144. The van der Waals surface area contributed by atoms with Gasteiger partial charge in [0.05, 0.1) is 6.04 Å². The quantitative estimate of drug-likeness (QED) is 0.0900. The van der Waals surface area contributed by atoms with Crippen LogP contribution >= 0.6 is 11.3 Å². The van der Waals surface area contributed by atoms with Crippen molar-refractivity contribution in [3.8, 4) is 5.75 Å². The van der Waals surface area contributed by atoms with E-state index in [9.17, 15) is 18.0 Å². The molecule has 1 aliphatic heterocycles. The van der Waals surface area contributed by atoms with E-state index in [-0.39, 0.29) is 33.3 Å². The Labute approximate surface area is 210 Å². The predicted molar refractivity (Wildman–Crippen MR) is 131 cm³/mol. The van der Waals surface area contributed by atoms with Crippen LogP contribution in [0.3, 0.4) is 0 Å². The van der Waals surface area contributed by atoms with E-state index in [1.54, 1.807) is 38.1 Å². The van der Waals surface area contributed by atoms with Crippen LogP contribution in [0, 0.1) is 5.41 Å². The summed E-state index contributed by atoms with van der Waals surface area (Å²) < 4.78 is 37.7. The molecule has 0 aliphatic carbocycles. The Morgan fingerprint density at radius 2 is 2.00 bits per heavy atom. The first kappa shape index (κ1) is 26.8. The highest BCUT2D eigenvalue weighted by molar-refractivity contribution is 7.84. The molecular weight excluding hydrogens is 514 g/mol. The van der Waals surface area contributed by atoms with Gasteiger partial charge in [0.2, 0.25) is 0 Å². The molecule has 2 amide bonds. The number of aromatic nitrogens is 1. The molecule has 16 heteroatoms. The number of nitrogens with zero attached hydrogens (tertiary/aromatic N) is 3. The summed E-state index contributed by atoms with van der Waals surface area (Å²) in [6.07, 6.45) is 0. The maximum absolute atomic E-state index is 12.9. The van der Waals surface area contributed by atoms with E-state index in [4.69, 9.17) is 31.0 Å². The SMILES string of the molecule is C[C@H]1[C@H](NC(=O)/C(=N\OC(C)(C)COc2ccc(C(=N)N)cc2)c2csc(N)n2)C(=O)N1S(=O)(=O)O. The third-order valence-corrected chi connectivity index (χ3v) is 6.67. The fourth-order valence-corrected chi connectivity index (χ4v) is 4.53. The number of ether oxygens (including phenoxy) is 1. The number of hydrogen-bond acceptors (Lipinski definition) is 11. The molecule has 1 aromatic carbocycles. The van der Waals surface area contributed by atoms with Crippen LogP contribution < -0.4 is 21.5 Å². The van der Waals surface area contributed by atoms with Gasteiger partial charge in [0.1, 0.15) is 29.9 Å². The van der Waals surface area contributed by atoms with Gasteiger partial charge in [0.25, 0.3) is 11.8 Å². The van der Waals surface area contributed by atoms with Crippen LogP contribution in [0.2, 0.25) is 0 Å². The van der Waals surface area contributed by atoms with E-state index in [0.717, 1.165) is 11.3 Å². The molecule has 1 aliphatic rings. The van der Waals surface area contributed by atoms with E-state index in [1.807, 2.05) is 0 Å². The monoisotopic (exact) mass is 539 g/mol. The maximum atomic E-state index is 12.9. The van der Waals surface area contributed by atoms with E-state index in [0.29, 0.717) is 11.3 Å². The molecule has 2 heterocycles. The molecule has 1 saturated heterocycles. The van der Waals surface area contributed by atoms with Crippen molar-refractivity contribution in [3.05, 3.63) is 40.9 Å². The summed E-state index contributed by atoms with van der Waals surface area (Å²) in [6, 6.07) is 4.31. The topological polar surface area (TPSA) is 223 Å². The fourth-order valence-electron chi connectivity index (χ4n) is 3.10. The van der Waals surface area contributed by atoms with Crippen LogP contribution in [-0.4, -0.2) is 69.9 Å². The summed E-state index contributed by atoms with van der Waals surface area (Å²) in [7, 11) is -4.75. The smallest absolute Gasteiger partial charge is 0.362 e. The molecule has 194 valence electrons. The maximum Gasteiger partial charge on any atom is 0.362 e. The van der Waals surface area contributed by atoms with Crippen molar-refractivity contribution in [1.82, 2.24) is 14.6 Å². The van der Waals surface area contributed by atoms with Crippen molar-refractivity contribution in [2.45, 2.75) is 38.5 Å². The summed E-state index contributed by atoms with van der Waals surface area (Å²) in [5.41, 5.74) is 10.4. The summed E-state index contributed by atoms with van der Waals surface area (Å²) in [5.74, 6) is -1.44. The normalized spacial score (nSPS) is 18.4. The second-order valence-electron chi connectivity index (χ2n) is 8.39. The molecule has 7 N–H and O–H groups in total. The molecule has 0 unspecified atom stereocenters. The standard InChI is InChI=1S/C20H25N7O7S2/c1-10-14(18(29)27(10)36(30,31)32)25-17(28)15(13-8-35-19(23)24-13)26-34-20(2,3)9-33-12-6-4-11(5-7-12)16(21)22/h4-8,10,14H,9H2,1-3H3,(H3,21,22)(H2,23,24)(H,25,28)(H,30,31,32)/b26-15-/t10-,14-/m0/s1. The predicted octanol–water partition coefficient (Wildman–Crippen LogP) is 0.106. The molecule has 1 fully saturated rings. The van der Waals surface area contributed by atoms with Gasteiger partial charge in [-0.15, -0.1) is 11.3 Å². The number of hydrogen-bond donors (Lipinski definition) is 5. The number of thiazole rings is 1. The molecule has 0 spiro atoms. The Kier molecular flexibility index (Phi) is 7.51. The van der Waals surface area contributed by atoms with Crippen LogP contribution in [-0.2, 0) is 24.7 Å². The van der Waals surface area contributed by atoms with E-state index >= 15 is 0 Å². The first-order chi connectivity index (χ1) is 16.7. The molecule has 2 aromatic rings. The Bertz CT molecular complexity index is 1310. The molecule has 3 rings (SSSR count). The number of oxime groups is 1. The fraction of sp³-hybridized carbons (Fsp3) is 0.350. The van der Waals surface area contributed by atoms with Crippen molar-refractivity contribution in [2.75, 3.05) is 12.3 Å². The summed E-state index contributed by atoms with van der Waals surface area (Å²) in [6.45, 7) is 4.68. The number of amides is 2. The highest BCUT2D eigenvalue weighted by Gasteiger charge is 2.51. The van der Waals surface area contributed by atoms with E-state index < -0.39 is 39.8 Å². The first-order valence-electron chi connectivity index (χ1n) is 10.4. The Morgan fingerprint density at radius 3 is 2.50 bits per heavy atom. The minimum absolute atomic E-state index is 0.0193. The van der Waals surface area contributed by atoms with Crippen molar-refractivity contribution in [3.63, 3.8) is 0 Å². The zero-order valence-corrected chi connectivity index (χ0v) is 21.1. The van der Waals surface area contributed by atoms with Gasteiger partial charge < -0.3 is 26.4 Å². The van der Waals surface area contributed by atoms with Crippen molar-refractivity contribution in [2.24, 2.45) is 10.9 Å². The Morgan fingerprint density at radius 1 is 1.36 bits per heavy atom. The number of nitrogen functional groups attached to an aromatic ring is 2. The summed E-state index contributed by atoms with van der Waals surface area (Å²) >= 11 is 1.05. The molecule has 0 bridgehead atoms. The Hall–Kier alpha value is -3.76. The average molecular weight is 540 g/mol. The molecule has 0 radical (unpaired) electrons. The molecule has 2 atom stereocenters. The van der Waals surface area contributed by atoms with Gasteiger partial charge in [-0.25, -0.2) is 9.29 Å². The number of benzene rings is 1. The third kappa shape index (κ3) is 6.07. The van der Waals surface area contributed by atoms with Crippen LogP contribution in [0.5, 0.6) is 5.75 Å². The van der Waals surface area contributed by atoms with Gasteiger partial charge in [-0.1, -0.05) is 5.16 Å². The minimum atomic E-state index is -4.75. The molecule has 14 nitrogen and oxygen atoms in total. The zero-order chi connectivity index (χ0) is 26.8. The second kappa shape index (κ2) is 10.1. The van der Waals surface area contributed by atoms with Gasteiger partial charge in [-0.2, -0.15) is 8.42 Å². The molecule has 0 saturated carbocycles. The van der Waals surface area contributed by atoms with Crippen molar-refractivity contribution in [1.29, 1.82) is 5.41 Å². The van der Waals surface area contributed by atoms with E-state index in [1.165, 1.54) is 12.3 Å². The number of nitrogens with two attached hydrogens (primary N) is 2. The van der Waals surface area contributed by atoms with Crippen LogP contribution in [0.25, 0.3) is 0 Å².